The van der Waals surface area contributed by atoms with Crippen molar-refractivity contribution >= 4 is 16.7 Å². The highest BCUT2D eigenvalue weighted by molar-refractivity contribution is 5.91. The van der Waals surface area contributed by atoms with Crippen LogP contribution in [0.1, 0.15) is 54.7 Å². The van der Waals surface area contributed by atoms with E-state index >= 15 is 0 Å². The molecule has 3 aromatic heterocycles. The van der Waals surface area contributed by atoms with Crippen LogP contribution in [0.2, 0.25) is 0 Å². The summed E-state index contributed by atoms with van der Waals surface area (Å²) in [4.78, 5) is 28.1. The van der Waals surface area contributed by atoms with E-state index in [1.807, 2.05) is 30.3 Å². The second kappa shape index (κ2) is 9.53. The molecule has 160 valence electrons. The smallest absolute Gasteiger partial charge is 0.263 e. The maximum Gasteiger partial charge on any atom is 0.263 e. The number of aromatic amines is 1. The molecule has 0 bridgehead atoms. The number of para-hydroxylation sites is 1. The van der Waals surface area contributed by atoms with Crippen LogP contribution in [0.4, 0.5) is 0 Å². The fourth-order valence-corrected chi connectivity index (χ4v) is 3.54. The van der Waals surface area contributed by atoms with Crippen molar-refractivity contribution in [1.29, 1.82) is 0 Å². The number of methoxy groups -OCH3 is 1. The van der Waals surface area contributed by atoms with Crippen LogP contribution in [0.25, 0.3) is 22.2 Å². The van der Waals surface area contributed by atoms with E-state index in [1.54, 1.807) is 13.3 Å². The molecule has 0 spiro atoms. The van der Waals surface area contributed by atoms with Gasteiger partial charge in [-0.15, -0.1) is 0 Å². The first kappa shape index (κ1) is 20.7. The Hall–Kier alpha value is -3.52. The third-order valence-corrected chi connectivity index (χ3v) is 5.21. The number of carbonyl (C=O) groups is 1. The van der Waals surface area contributed by atoms with Crippen molar-refractivity contribution in [1.82, 2.24) is 19.9 Å². The number of fused-ring (bicyclic) bond motifs is 1. The fourth-order valence-electron chi connectivity index (χ4n) is 3.54. The van der Waals surface area contributed by atoms with Gasteiger partial charge in [-0.1, -0.05) is 31.0 Å². The third-order valence-electron chi connectivity index (χ3n) is 5.21. The molecule has 0 aliphatic heterocycles. The molecule has 3 N–H and O–H groups in total. The molecule has 0 radical (unpaired) electrons. The maximum atomic E-state index is 11.9. The van der Waals surface area contributed by atoms with Crippen molar-refractivity contribution in [3.8, 4) is 17.1 Å². The highest BCUT2D eigenvalue weighted by Gasteiger charge is 2.16. The average Bonchev–Trinajstić information content (AvgIpc) is 3.50. The summed E-state index contributed by atoms with van der Waals surface area (Å²) in [6.07, 6.45) is 8.42. The quantitative estimate of drug-likeness (QED) is 0.288. The molecule has 4 rings (SSSR count). The number of rotatable bonds is 10. The van der Waals surface area contributed by atoms with Gasteiger partial charge < -0.3 is 19.9 Å². The summed E-state index contributed by atoms with van der Waals surface area (Å²) >= 11 is 0. The van der Waals surface area contributed by atoms with Gasteiger partial charge in [-0.05, 0) is 25.0 Å². The first-order valence-corrected chi connectivity index (χ1v) is 10.3. The zero-order chi connectivity index (χ0) is 21.6. The van der Waals surface area contributed by atoms with E-state index < -0.39 is 0 Å². The largest absolute Gasteiger partial charge is 0.480 e. The first-order chi connectivity index (χ1) is 15.2. The molecular weight excluding hydrogens is 394 g/mol. The van der Waals surface area contributed by atoms with Crippen LogP contribution in [0.5, 0.6) is 5.88 Å². The maximum absolute atomic E-state index is 11.9. The van der Waals surface area contributed by atoms with Gasteiger partial charge in [0.15, 0.2) is 0 Å². The van der Waals surface area contributed by atoms with Gasteiger partial charge in [0.25, 0.3) is 5.89 Å². The van der Waals surface area contributed by atoms with Crippen molar-refractivity contribution in [2.24, 2.45) is 5.73 Å². The normalized spacial score (nSPS) is 12.2. The molecule has 0 saturated heterocycles. The highest BCUT2D eigenvalue weighted by Crippen LogP contribution is 2.31. The number of ketones is 1. The number of hydrogen-bond acceptors (Lipinski definition) is 7. The minimum atomic E-state index is -0.212. The van der Waals surface area contributed by atoms with Crippen LogP contribution in [-0.2, 0) is 0 Å². The minimum absolute atomic E-state index is 0.0667. The molecule has 0 fully saturated rings. The average molecular weight is 419 g/mol. The number of imidazole rings is 1. The van der Waals surface area contributed by atoms with E-state index in [2.05, 4.69) is 19.9 Å². The lowest BCUT2D eigenvalue weighted by Crippen LogP contribution is -2.12. The van der Waals surface area contributed by atoms with E-state index in [-0.39, 0.29) is 17.7 Å². The van der Waals surface area contributed by atoms with Crippen LogP contribution in [-0.4, -0.2) is 32.8 Å². The number of Topliss-reactive ketones (excluding diaryl/α,β-unsaturated/α-hetero) is 1. The van der Waals surface area contributed by atoms with Crippen LogP contribution in [0, 0.1) is 0 Å². The number of aromatic nitrogens is 4. The summed E-state index contributed by atoms with van der Waals surface area (Å²) in [5.41, 5.74) is 8.87. The topological polar surface area (TPSA) is 120 Å². The number of nitrogens with two attached hydrogens (primary N) is 1. The Bertz CT molecular complexity index is 1150. The van der Waals surface area contributed by atoms with Crippen LogP contribution < -0.4 is 10.5 Å². The number of carbonyl (C=O) groups excluding carboxylic acids is 1. The number of ether oxygens (including phenoxy) is 1. The summed E-state index contributed by atoms with van der Waals surface area (Å²) in [6.45, 7) is 0. The molecule has 1 atom stereocenters. The second-order valence-electron chi connectivity index (χ2n) is 7.39. The Morgan fingerprint density at radius 2 is 2.10 bits per heavy atom. The Morgan fingerprint density at radius 3 is 2.90 bits per heavy atom. The Kier molecular flexibility index (Phi) is 6.37. The lowest BCUT2D eigenvalue weighted by Gasteiger charge is -2.09. The summed E-state index contributed by atoms with van der Waals surface area (Å²) < 4.78 is 10.5. The van der Waals surface area contributed by atoms with Gasteiger partial charge in [0, 0.05) is 11.8 Å². The van der Waals surface area contributed by atoms with Gasteiger partial charge in [0.05, 0.1) is 42.3 Å². The summed E-state index contributed by atoms with van der Waals surface area (Å²) in [7, 11) is 1.61. The fraction of sp³-hybridized carbons (Fsp3) is 0.304. The van der Waals surface area contributed by atoms with Gasteiger partial charge in [-0.25, -0.2) is 15.0 Å². The number of unbranched alkanes of at least 4 members (excludes halogenated alkanes) is 2. The van der Waals surface area contributed by atoms with E-state index in [1.165, 1.54) is 12.5 Å². The van der Waals surface area contributed by atoms with Gasteiger partial charge in [-0.2, -0.15) is 0 Å². The second-order valence-corrected chi connectivity index (χ2v) is 7.39. The van der Waals surface area contributed by atoms with Crippen LogP contribution in [0.3, 0.4) is 0 Å². The molecule has 8 heteroatoms. The molecule has 0 aliphatic rings. The number of oxazole rings is 1. The SMILES string of the molecule is COc1nc2ccccc2cc1-c1cnc([C@@H](N)CCCCCC(=O)c2ncco2)[nH]1. The standard InChI is InChI=1S/C23H25N5O3/c1-30-22-16(13-15-7-5-6-9-18(15)28-22)19-14-26-21(27-19)17(24)8-3-2-4-10-20(29)23-25-11-12-31-23/h5-7,9,11-14,17H,2-4,8,10,24H2,1H3,(H,26,27)/t17-/m0/s1. The van der Waals surface area contributed by atoms with Crippen molar-refractivity contribution in [2.75, 3.05) is 7.11 Å². The van der Waals surface area contributed by atoms with Crippen molar-refractivity contribution in [3.05, 3.63) is 60.7 Å². The predicted molar refractivity (Wildman–Crippen MR) is 117 cm³/mol. The van der Waals surface area contributed by atoms with Gasteiger partial charge in [-0.3, -0.25) is 4.79 Å². The molecular formula is C23H25N5O3. The Morgan fingerprint density at radius 1 is 1.23 bits per heavy atom. The van der Waals surface area contributed by atoms with Crippen LogP contribution in [0.15, 0.2) is 53.4 Å². The number of nitrogens with zero attached hydrogens (tertiary/aromatic N) is 3. The van der Waals surface area contributed by atoms with Gasteiger partial charge in [0.1, 0.15) is 12.1 Å². The lowest BCUT2D eigenvalue weighted by atomic mass is 10.1. The highest BCUT2D eigenvalue weighted by atomic mass is 16.5. The van der Waals surface area contributed by atoms with Crippen molar-refractivity contribution in [2.45, 2.75) is 38.1 Å². The molecule has 3 heterocycles. The number of pyridine rings is 1. The molecule has 31 heavy (non-hydrogen) atoms. The van der Waals surface area contributed by atoms with Crippen LogP contribution >= 0.6 is 0 Å². The third kappa shape index (κ3) is 4.80. The molecule has 0 aliphatic carbocycles. The first-order valence-electron chi connectivity index (χ1n) is 10.3. The van der Waals surface area contributed by atoms with Gasteiger partial charge in [0.2, 0.25) is 11.7 Å². The lowest BCUT2D eigenvalue weighted by molar-refractivity contribution is 0.0945. The Balaban J connectivity index is 1.34. The number of H-pyrrole nitrogens is 1. The van der Waals surface area contributed by atoms with Crippen molar-refractivity contribution < 1.29 is 13.9 Å². The zero-order valence-corrected chi connectivity index (χ0v) is 17.4. The molecule has 0 unspecified atom stereocenters. The molecule has 8 nitrogen and oxygen atoms in total. The van der Waals surface area contributed by atoms with E-state index in [9.17, 15) is 4.79 Å². The van der Waals surface area contributed by atoms with E-state index in [4.69, 9.17) is 14.9 Å². The summed E-state index contributed by atoms with van der Waals surface area (Å²) in [6, 6.07) is 9.72. The number of hydrogen-bond donors (Lipinski definition) is 2. The molecule has 0 saturated carbocycles. The predicted octanol–water partition coefficient (Wildman–Crippen LogP) is 4.45. The zero-order valence-electron chi connectivity index (χ0n) is 17.4. The van der Waals surface area contributed by atoms with E-state index in [0.29, 0.717) is 12.3 Å². The van der Waals surface area contributed by atoms with Gasteiger partial charge >= 0.3 is 0 Å². The Labute approximate surface area is 179 Å². The van der Waals surface area contributed by atoms with E-state index in [0.717, 1.165) is 53.7 Å². The molecule has 0 amide bonds. The monoisotopic (exact) mass is 419 g/mol. The number of benzene rings is 1. The summed E-state index contributed by atoms with van der Waals surface area (Å²) in [5.74, 6) is 1.38. The molecule has 1 aromatic carbocycles. The molecule has 4 aromatic rings. The minimum Gasteiger partial charge on any atom is -0.480 e. The van der Waals surface area contributed by atoms with Crippen molar-refractivity contribution in [3.63, 3.8) is 0 Å². The summed E-state index contributed by atoms with van der Waals surface area (Å²) in [5, 5.41) is 1.03. The number of nitrogens with one attached hydrogen (secondary N) is 1.